The van der Waals surface area contributed by atoms with Gasteiger partial charge in [0.05, 0.1) is 0 Å². The molecule has 0 radical (unpaired) electrons. The molecule has 0 amide bonds. The number of hydrogen-bond acceptors (Lipinski definition) is 2. The second-order valence-corrected chi connectivity index (χ2v) is 5.23. The van der Waals surface area contributed by atoms with Gasteiger partial charge in [-0.15, -0.1) is 11.3 Å². The fraction of sp³-hybridized carbons (Fsp3) is 0. The first-order chi connectivity index (χ1) is 8.81. The van der Waals surface area contributed by atoms with Crippen LogP contribution in [0.3, 0.4) is 0 Å². The van der Waals surface area contributed by atoms with Crippen molar-refractivity contribution in [3.8, 4) is 5.75 Å². The van der Waals surface area contributed by atoms with E-state index in [2.05, 4.69) is 42.5 Å². The lowest BCUT2D eigenvalue weighted by molar-refractivity contribution is 0.475. The van der Waals surface area contributed by atoms with E-state index in [1.165, 1.54) is 15.0 Å². The quantitative estimate of drug-likeness (QED) is 0.696. The summed E-state index contributed by atoms with van der Waals surface area (Å²) in [6.07, 6.45) is 4.17. The van der Waals surface area contributed by atoms with Crippen molar-refractivity contribution in [1.82, 2.24) is 0 Å². The van der Waals surface area contributed by atoms with Gasteiger partial charge < -0.3 is 5.11 Å². The maximum absolute atomic E-state index is 9.22. The Hall–Kier alpha value is -2.06. The van der Waals surface area contributed by atoms with Crippen molar-refractivity contribution in [1.29, 1.82) is 0 Å². The average molecular weight is 252 g/mol. The molecule has 0 saturated carbocycles. The molecule has 1 aromatic heterocycles. The minimum Gasteiger partial charge on any atom is -0.508 e. The lowest BCUT2D eigenvalue weighted by Crippen LogP contribution is -1.69. The van der Waals surface area contributed by atoms with Gasteiger partial charge >= 0.3 is 0 Å². The highest BCUT2D eigenvalue weighted by molar-refractivity contribution is 7.19. The fourth-order valence-corrected chi connectivity index (χ4v) is 2.82. The Morgan fingerprint density at radius 3 is 2.44 bits per heavy atom. The number of fused-ring (bicyclic) bond motifs is 1. The maximum Gasteiger partial charge on any atom is 0.115 e. The molecular formula is C16H12OS. The first-order valence-corrected chi connectivity index (χ1v) is 6.59. The van der Waals surface area contributed by atoms with Crippen LogP contribution in [0.1, 0.15) is 10.4 Å². The molecule has 0 bridgehead atoms. The molecule has 18 heavy (non-hydrogen) atoms. The summed E-state index contributed by atoms with van der Waals surface area (Å²) < 4.78 is 1.31. The molecule has 1 nitrogen and oxygen atoms in total. The molecule has 3 rings (SSSR count). The van der Waals surface area contributed by atoms with Crippen molar-refractivity contribution in [2.45, 2.75) is 0 Å². The predicted octanol–water partition coefficient (Wildman–Crippen LogP) is 4.78. The first-order valence-electron chi connectivity index (χ1n) is 5.77. The van der Waals surface area contributed by atoms with E-state index in [1.54, 1.807) is 23.5 Å². The van der Waals surface area contributed by atoms with E-state index < -0.39 is 0 Å². The largest absolute Gasteiger partial charge is 0.508 e. The lowest BCUT2D eigenvalue weighted by atomic mass is 10.2. The molecule has 0 saturated heterocycles. The van der Waals surface area contributed by atoms with Gasteiger partial charge in [0.2, 0.25) is 0 Å². The van der Waals surface area contributed by atoms with Crippen LogP contribution >= 0.6 is 11.3 Å². The van der Waals surface area contributed by atoms with Gasteiger partial charge in [0.15, 0.2) is 0 Å². The van der Waals surface area contributed by atoms with E-state index in [1.807, 2.05) is 12.1 Å². The number of thiophene rings is 1. The summed E-state index contributed by atoms with van der Waals surface area (Å²) in [5, 5.41) is 10.5. The monoisotopic (exact) mass is 252 g/mol. The van der Waals surface area contributed by atoms with Crippen LogP contribution in [0.5, 0.6) is 5.75 Å². The van der Waals surface area contributed by atoms with E-state index in [0.29, 0.717) is 5.75 Å². The highest BCUT2D eigenvalue weighted by Crippen LogP contribution is 2.26. The minimum absolute atomic E-state index is 0.300. The molecule has 88 valence electrons. The zero-order chi connectivity index (χ0) is 12.4. The van der Waals surface area contributed by atoms with E-state index in [-0.39, 0.29) is 0 Å². The molecule has 0 spiro atoms. The summed E-state index contributed by atoms with van der Waals surface area (Å²) in [6.45, 7) is 0. The van der Waals surface area contributed by atoms with Crippen molar-refractivity contribution in [2.75, 3.05) is 0 Å². The molecule has 2 aromatic carbocycles. The summed E-state index contributed by atoms with van der Waals surface area (Å²) in [4.78, 5) is 1.24. The normalized spacial score (nSPS) is 11.3. The molecule has 1 heterocycles. The van der Waals surface area contributed by atoms with Crippen LogP contribution < -0.4 is 0 Å². The van der Waals surface area contributed by atoms with Gasteiger partial charge in [-0.05, 0) is 41.3 Å². The Bertz CT molecular complexity index is 659. The fourth-order valence-electron chi connectivity index (χ4n) is 1.85. The summed E-state index contributed by atoms with van der Waals surface area (Å²) in [5.74, 6) is 0.300. The van der Waals surface area contributed by atoms with E-state index >= 15 is 0 Å². The Morgan fingerprint density at radius 1 is 0.889 bits per heavy atom. The third-order valence-electron chi connectivity index (χ3n) is 2.78. The highest BCUT2D eigenvalue weighted by atomic mass is 32.1. The number of rotatable bonds is 2. The smallest absolute Gasteiger partial charge is 0.115 e. The van der Waals surface area contributed by atoms with Crippen molar-refractivity contribution >= 4 is 33.6 Å². The van der Waals surface area contributed by atoms with E-state index in [4.69, 9.17) is 0 Å². The summed E-state index contributed by atoms with van der Waals surface area (Å²) >= 11 is 1.78. The maximum atomic E-state index is 9.22. The molecule has 0 unspecified atom stereocenters. The van der Waals surface area contributed by atoms with Gasteiger partial charge in [0.25, 0.3) is 0 Å². The average Bonchev–Trinajstić information content (AvgIpc) is 2.81. The molecule has 0 atom stereocenters. The zero-order valence-electron chi connectivity index (χ0n) is 9.71. The predicted molar refractivity (Wildman–Crippen MR) is 78.9 cm³/mol. The molecule has 0 aliphatic heterocycles. The topological polar surface area (TPSA) is 20.2 Å². The Kier molecular flexibility index (Phi) is 2.87. The van der Waals surface area contributed by atoms with Crippen LogP contribution in [-0.4, -0.2) is 5.11 Å². The number of aromatic hydroxyl groups is 1. The number of phenols is 1. The van der Waals surface area contributed by atoms with Crippen LogP contribution in [0, 0.1) is 0 Å². The van der Waals surface area contributed by atoms with Crippen LogP contribution in [0.25, 0.3) is 22.2 Å². The van der Waals surface area contributed by atoms with Crippen molar-refractivity contribution in [3.63, 3.8) is 0 Å². The van der Waals surface area contributed by atoms with Gasteiger partial charge in [-0.3, -0.25) is 0 Å². The SMILES string of the molecule is Oc1ccc(/C=C/c2cc3ccccc3s2)cc1. The molecule has 1 N–H and O–H groups in total. The Labute approximate surface area is 110 Å². The summed E-state index contributed by atoms with van der Waals surface area (Å²) in [7, 11) is 0. The van der Waals surface area contributed by atoms with Crippen LogP contribution in [0.2, 0.25) is 0 Å². The van der Waals surface area contributed by atoms with E-state index in [0.717, 1.165) is 5.56 Å². The van der Waals surface area contributed by atoms with Crippen molar-refractivity contribution in [2.24, 2.45) is 0 Å². The number of hydrogen-bond donors (Lipinski definition) is 1. The van der Waals surface area contributed by atoms with Gasteiger partial charge in [-0.1, -0.05) is 36.4 Å². The second kappa shape index (κ2) is 4.67. The van der Waals surface area contributed by atoms with Crippen LogP contribution in [0.15, 0.2) is 54.6 Å². The minimum atomic E-state index is 0.300. The second-order valence-electron chi connectivity index (χ2n) is 4.11. The van der Waals surface area contributed by atoms with Crippen LogP contribution in [-0.2, 0) is 0 Å². The molecule has 0 aliphatic carbocycles. The van der Waals surface area contributed by atoms with E-state index in [9.17, 15) is 5.11 Å². The van der Waals surface area contributed by atoms with Gasteiger partial charge in [0, 0.05) is 9.58 Å². The number of phenolic OH excluding ortho intramolecular Hbond substituents is 1. The molecular weight excluding hydrogens is 240 g/mol. The molecule has 0 fully saturated rings. The third kappa shape index (κ3) is 2.29. The van der Waals surface area contributed by atoms with Crippen molar-refractivity contribution < 1.29 is 5.11 Å². The molecule has 2 heteroatoms. The third-order valence-corrected chi connectivity index (χ3v) is 3.86. The van der Waals surface area contributed by atoms with Crippen LogP contribution in [0.4, 0.5) is 0 Å². The Balaban J connectivity index is 1.89. The van der Waals surface area contributed by atoms with Crippen molar-refractivity contribution in [3.05, 3.63) is 65.0 Å². The number of benzene rings is 2. The zero-order valence-corrected chi connectivity index (χ0v) is 10.5. The van der Waals surface area contributed by atoms with Gasteiger partial charge in [0.1, 0.15) is 5.75 Å². The molecule has 3 aromatic rings. The van der Waals surface area contributed by atoms with Gasteiger partial charge in [-0.25, -0.2) is 0 Å². The Morgan fingerprint density at radius 2 is 1.67 bits per heavy atom. The lowest BCUT2D eigenvalue weighted by Gasteiger charge is -1.93. The summed E-state index contributed by atoms with van der Waals surface area (Å²) in [6, 6.07) is 17.8. The standard InChI is InChI=1S/C16H12OS/c17-14-8-5-12(6-9-14)7-10-15-11-13-3-1-2-4-16(13)18-15/h1-11,17H/b10-7+. The van der Waals surface area contributed by atoms with Gasteiger partial charge in [-0.2, -0.15) is 0 Å². The molecule has 0 aliphatic rings. The first kappa shape index (κ1) is 11.1. The highest BCUT2D eigenvalue weighted by Gasteiger charge is 1.97. The summed E-state index contributed by atoms with van der Waals surface area (Å²) in [5.41, 5.74) is 1.09.